The summed E-state index contributed by atoms with van der Waals surface area (Å²) in [7, 11) is 0. The van der Waals surface area contributed by atoms with E-state index in [-0.39, 0.29) is 24.6 Å². The molecule has 34 heavy (non-hydrogen) atoms. The largest absolute Gasteiger partial charge is 0.337 e. The van der Waals surface area contributed by atoms with Gasteiger partial charge < -0.3 is 14.4 Å². The summed E-state index contributed by atoms with van der Waals surface area (Å²) in [5.41, 5.74) is 4.35. The van der Waals surface area contributed by atoms with E-state index in [0.29, 0.717) is 28.4 Å². The Labute approximate surface area is 195 Å². The zero-order valence-electron chi connectivity index (χ0n) is 19.2. The van der Waals surface area contributed by atoms with E-state index in [1.165, 1.54) is 16.5 Å². The van der Waals surface area contributed by atoms with E-state index < -0.39 is 0 Å². The highest BCUT2D eigenvalue weighted by Gasteiger charge is 2.19. The smallest absolute Gasteiger partial charge is 0.278 e. The van der Waals surface area contributed by atoms with Gasteiger partial charge >= 0.3 is 0 Å². The van der Waals surface area contributed by atoms with Crippen LogP contribution < -0.4 is 10.9 Å². The summed E-state index contributed by atoms with van der Waals surface area (Å²) in [4.78, 5) is 35.2. The first-order chi connectivity index (χ1) is 16.4. The van der Waals surface area contributed by atoms with Gasteiger partial charge in [-0.2, -0.15) is 4.98 Å². The van der Waals surface area contributed by atoms with Crippen molar-refractivity contribution in [2.45, 2.75) is 40.3 Å². The minimum Gasteiger partial charge on any atom is -0.337 e. The monoisotopic (exact) mass is 456 g/mol. The van der Waals surface area contributed by atoms with Gasteiger partial charge in [0.1, 0.15) is 24.1 Å². The molecule has 3 aromatic heterocycles. The van der Waals surface area contributed by atoms with Crippen LogP contribution in [0.1, 0.15) is 29.8 Å². The summed E-state index contributed by atoms with van der Waals surface area (Å²) in [5, 5.41) is 7.53. The number of nitrogens with zero attached hydrogens (tertiary/aromatic N) is 5. The number of rotatable bonds is 6. The number of nitrogens with one attached hydrogen (secondary N) is 1. The number of carbonyl (C=O) groups is 1. The summed E-state index contributed by atoms with van der Waals surface area (Å²) in [5.74, 6) is 0.573. The lowest BCUT2D eigenvalue weighted by Gasteiger charge is -2.10. The molecule has 0 unspecified atom stereocenters. The molecule has 3 heterocycles. The Hall–Kier alpha value is -4.27. The van der Waals surface area contributed by atoms with E-state index in [4.69, 9.17) is 4.52 Å². The van der Waals surface area contributed by atoms with E-state index >= 15 is 0 Å². The normalized spacial score (nSPS) is 11.4. The molecule has 0 fully saturated rings. The van der Waals surface area contributed by atoms with Gasteiger partial charge in [-0.1, -0.05) is 35.8 Å². The van der Waals surface area contributed by atoms with E-state index in [9.17, 15) is 9.59 Å². The van der Waals surface area contributed by atoms with E-state index in [1.807, 2.05) is 49.4 Å². The number of carbonyl (C=O) groups excluding carboxylic acids is 1. The van der Waals surface area contributed by atoms with Gasteiger partial charge in [0.05, 0.1) is 11.8 Å². The fraction of sp³-hybridized carbons (Fsp3) is 0.240. The SMILES string of the molecule is CCc1ccc(NC(=O)Cn2c3ccc(C)cc3c3ncn(Cc4nc(C)no4)c(=O)c32)cc1. The van der Waals surface area contributed by atoms with Crippen LogP contribution in [0.25, 0.3) is 21.9 Å². The Balaban J connectivity index is 1.57. The average Bonchev–Trinajstić information content (AvgIpc) is 3.37. The fourth-order valence-electron chi connectivity index (χ4n) is 4.11. The maximum atomic E-state index is 13.5. The highest BCUT2D eigenvalue weighted by Crippen LogP contribution is 2.26. The molecule has 9 nitrogen and oxygen atoms in total. The molecule has 0 aliphatic rings. The third kappa shape index (κ3) is 3.96. The molecule has 0 aliphatic heterocycles. The minimum atomic E-state index is -0.283. The van der Waals surface area contributed by atoms with Crippen LogP contribution >= 0.6 is 0 Å². The van der Waals surface area contributed by atoms with Crippen molar-refractivity contribution in [1.29, 1.82) is 0 Å². The van der Waals surface area contributed by atoms with Crippen molar-refractivity contribution in [2.24, 2.45) is 0 Å². The summed E-state index contributed by atoms with van der Waals surface area (Å²) >= 11 is 0. The van der Waals surface area contributed by atoms with Crippen LogP contribution in [0.5, 0.6) is 0 Å². The summed E-state index contributed by atoms with van der Waals surface area (Å²) in [6.07, 6.45) is 2.41. The molecule has 0 radical (unpaired) electrons. The molecular formula is C25H24N6O3. The molecule has 172 valence electrons. The van der Waals surface area contributed by atoms with Crippen molar-refractivity contribution in [2.75, 3.05) is 5.32 Å². The topological polar surface area (TPSA) is 108 Å². The van der Waals surface area contributed by atoms with Crippen molar-refractivity contribution >= 4 is 33.5 Å². The van der Waals surface area contributed by atoms with Gasteiger partial charge in [0.15, 0.2) is 5.82 Å². The van der Waals surface area contributed by atoms with Crippen LogP contribution in [-0.4, -0.2) is 30.2 Å². The van der Waals surface area contributed by atoms with Gasteiger partial charge in [0.2, 0.25) is 11.8 Å². The lowest BCUT2D eigenvalue weighted by molar-refractivity contribution is -0.116. The second-order valence-corrected chi connectivity index (χ2v) is 8.32. The van der Waals surface area contributed by atoms with Gasteiger partial charge in [-0.25, -0.2) is 4.98 Å². The predicted octanol–water partition coefficient (Wildman–Crippen LogP) is 3.60. The molecule has 9 heteroatoms. The first-order valence-corrected chi connectivity index (χ1v) is 11.1. The van der Waals surface area contributed by atoms with E-state index in [2.05, 4.69) is 27.4 Å². The quantitative estimate of drug-likeness (QED) is 0.418. The molecule has 2 aromatic carbocycles. The van der Waals surface area contributed by atoms with Crippen LogP contribution in [0.2, 0.25) is 0 Å². The third-order valence-electron chi connectivity index (χ3n) is 5.80. The maximum Gasteiger partial charge on any atom is 0.278 e. The number of amides is 1. The summed E-state index contributed by atoms with van der Waals surface area (Å²) in [6, 6.07) is 13.6. The second-order valence-electron chi connectivity index (χ2n) is 8.32. The predicted molar refractivity (Wildman–Crippen MR) is 129 cm³/mol. The van der Waals surface area contributed by atoms with Crippen LogP contribution in [0.4, 0.5) is 5.69 Å². The van der Waals surface area contributed by atoms with Crippen LogP contribution in [0, 0.1) is 13.8 Å². The molecule has 1 amide bonds. The highest BCUT2D eigenvalue weighted by molar-refractivity contribution is 6.06. The molecule has 0 aliphatic carbocycles. The number of anilines is 1. The zero-order chi connectivity index (χ0) is 23.8. The maximum absolute atomic E-state index is 13.5. The van der Waals surface area contributed by atoms with Gasteiger partial charge in [-0.3, -0.25) is 14.2 Å². The molecule has 0 bridgehead atoms. The van der Waals surface area contributed by atoms with Crippen LogP contribution in [-0.2, 0) is 24.3 Å². The molecule has 5 rings (SSSR count). The Bertz CT molecular complexity index is 1580. The third-order valence-corrected chi connectivity index (χ3v) is 5.80. The molecule has 0 spiro atoms. The Morgan fingerprint density at radius 1 is 1.12 bits per heavy atom. The standard InChI is InChI=1S/C25H24N6O3/c1-4-17-6-8-18(9-7-17)28-21(32)12-31-20-10-5-15(2)11-19(20)23-24(31)25(33)30(14-26-23)13-22-27-16(3)29-34-22/h5-11,14H,4,12-13H2,1-3H3,(H,28,32). The lowest BCUT2D eigenvalue weighted by Crippen LogP contribution is -2.25. The number of benzene rings is 2. The van der Waals surface area contributed by atoms with Crippen LogP contribution in [0.3, 0.4) is 0 Å². The van der Waals surface area contributed by atoms with Crippen molar-refractivity contribution < 1.29 is 9.32 Å². The second kappa shape index (κ2) is 8.58. The van der Waals surface area contributed by atoms with E-state index in [0.717, 1.165) is 22.9 Å². The summed E-state index contributed by atoms with van der Waals surface area (Å²) < 4.78 is 8.31. The molecular weight excluding hydrogens is 432 g/mol. The van der Waals surface area contributed by atoms with Crippen molar-refractivity contribution in [1.82, 2.24) is 24.3 Å². The number of fused-ring (bicyclic) bond motifs is 3. The molecule has 5 aromatic rings. The first-order valence-electron chi connectivity index (χ1n) is 11.1. The Morgan fingerprint density at radius 3 is 2.62 bits per heavy atom. The lowest BCUT2D eigenvalue weighted by atomic mass is 10.1. The number of hydrogen-bond donors (Lipinski definition) is 1. The van der Waals surface area contributed by atoms with Gasteiger partial charge in [0, 0.05) is 11.1 Å². The van der Waals surface area contributed by atoms with Gasteiger partial charge in [0.25, 0.3) is 5.56 Å². The van der Waals surface area contributed by atoms with Crippen molar-refractivity contribution in [3.8, 4) is 0 Å². The molecule has 1 N–H and O–H groups in total. The Morgan fingerprint density at radius 2 is 1.91 bits per heavy atom. The van der Waals surface area contributed by atoms with Crippen LogP contribution in [0.15, 0.2) is 58.1 Å². The Kier molecular flexibility index (Phi) is 5.45. The molecule has 0 saturated carbocycles. The zero-order valence-corrected chi connectivity index (χ0v) is 19.2. The molecule has 0 atom stereocenters. The number of aromatic nitrogens is 5. The van der Waals surface area contributed by atoms with Crippen molar-refractivity contribution in [3.63, 3.8) is 0 Å². The highest BCUT2D eigenvalue weighted by atomic mass is 16.5. The van der Waals surface area contributed by atoms with E-state index in [1.54, 1.807) is 11.5 Å². The fourth-order valence-corrected chi connectivity index (χ4v) is 4.11. The first kappa shape index (κ1) is 21.6. The van der Waals surface area contributed by atoms with Gasteiger partial charge in [-0.15, -0.1) is 0 Å². The summed E-state index contributed by atoms with van der Waals surface area (Å²) in [6.45, 7) is 5.84. The minimum absolute atomic E-state index is 0.0286. The molecule has 0 saturated heterocycles. The number of hydrogen-bond acceptors (Lipinski definition) is 6. The van der Waals surface area contributed by atoms with Gasteiger partial charge in [-0.05, 0) is 50.1 Å². The number of aryl methyl sites for hydroxylation is 3. The average molecular weight is 457 g/mol. The van der Waals surface area contributed by atoms with Crippen molar-refractivity contribution in [3.05, 3.63) is 82.0 Å².